The van der Waals surface area contributed by atoms with Crippen LogP contribution in [0.25, 0.3) is 0 Å². The van der Waals surface area contributed by atoms with Crippen LogP contribution >= 0.6 is 31.9 Å². The molecule has 0 saturated heterocycles. The van der Waals surface area contributed by atoms with Crippen LogP contribution in [-0.4, -0.2) is 25.7 Å². The summed E-state index contributed by atoms with van der Waals surface area (Å²) < 4.78 is 10.5. The maximum absolute atomic E-state index is 11.6. The lowest BCUT2D eigenvalue weighted by Gasteiger charge is -2.08. The SMILES string of the molecule is CCOC(=O)c1cc(Br)c(C(=O)OC)cc1Br. The highest BCUT2D eigenvalue weighted by Crippen LogP contribution is 2.27. The summed E-state index contributed by atoms with van der Waals surface area (Å²) in [6.45, 7) is 2.02. The summed E-state index contributed by atoms with van der Waals surface area (Å²) >= 11 is 6.43. The average Bonchev–Trinajstić information content (AvgIpc) is 2.30. The van der Waals surface area contributed by atoms with Crippen molar-refractivity contribution in [3.63, 3.8) is 0 Å². The van der Waals surface area contributed by atoms with E-state index in [1.807, 2.05) is 0 Å². The van der Waals surface area contributed by atoms with Gasteiger partial charge in [0.1, 0.15) is 0 Å². The zero-order chi connectivity index (χ0) is 13.0. The number of hydrogen-bond acceptors (Lipinski definition) is 4. The quantitative estimate of drug-likeness (QED) is 0.772. The van der Waals surface area contributed by atoms with Gasteiger partial charge in [-0.25, -0.2) is 9.59 Å². The van der Waals surface area contributed by atoms with E-state index in [1.54, 1.807) is 6.92 Å². The number of methoxy groups -OCH3 is 1. The van der Waals surface area contributed by atoms with E-state index >= 15 is 0 Å². The molecule has 0 aliphatic carbocycles. The lowest BCUT2D eigenvalue weighted by Crippen LogP contribution is -2.08. The van der Waals surface area contributed by atoms with Gasteiger partial charge in [-0.1, -0.05) is 0 Å². The molecular weight excluding hydrogens is 356 g/mol. The van der Waals surface area contributed by atoms with E-state index in [4.69, 9.17) is 4.74 Å². The second-order valence-corrected chi connectivity index (χ2v) is 4.73. The van der Waals surface area contributed by atoms with E-state index in [-0.39, 0.29) is 0 Å². The van der Waals surface area contributed by atoms with Crippen LogP contribution < -0.4 is 0 Å². The highest BCUT2D eigenvalue weighted by atomic mass is 79.9. The topological polar surface area (TPSA) is 52.6 Å². The summed E-state index contributed by atoms with van der Waals surface area (Å²) in [6, 6.07) is 3.04. The number of carbonyl (C=O) groups excluding carboxylic acids is 2. The highest BCUT2D eigenvalue weighted by Gasteiger charge is 2.18. The summed E-state index contributed by atoms with van der Waals surface area (Å²) in [5.41, 5.74) is 0.693. The Bertz CT molecular complexity index is 457. The second kappa shape index (κ2) is 6.16. The highest BCUT2D eigenvalue weighted by molar-refractivity contribution is 9.11. The third-order valence-electron chi connectivity index (χ3n) is 1.96. The van der Waals surface area contributed by atoms with Crippen molar-refractivity contribution in [1.29, 1.82) is 0 Å². The fourth-order valence-corrected chi connectivity index (χ4v) is 2.19. The molecule has 92 valence electrons. The molecule has 0 bridgehead atoms. The molecule has 0 aliphatic heterocycles. The molecular formula is C11H10Br2O4. The molecule has 0 spiro atoms. The fourth-order valence-electron chi connectivity index (χ4n) is 1.18. The Morgan fingerprint density at radius 1 is 1.12 bits per heavy atom. The predicted molar refractivity (Wildman–Crippen MR) is 69.1 cm³/mol. The van der Waals surface area contributed by atoms with Crippen LogP contribution in [0, 0.1) is 0 Å². The Morgan fingerprint density at radius 3 is 2.00 bits per heavy atom. The molecule has 1 aromatic rings. The molecule has 0 N–H and O–H groups in total. The van der Waals surface area contributed by atoms with Crippen LogP contribution in [0.4, 0.5) is 0 Å². The van der Waals surface area contributed by atoms with E-state index in [2.05, 4.69) is 36.6 Å². The molecule has 0 saturated carbocycles. The van der Waals surface area contributed by atoms with Gasteiger partial charge >= 0.3 is 11.9 Å². The zero-order valence-corrected chi connectivity index (χ0v) is 12.4. The monoisotopic (exact) mass is 364 g/mol. The minimum absolute atomic E-state index is 0.293. The molecule has 1 rings (SSSR count). The molecule has 0 aliphatic rings. The second-order valence-electron chi connectivity index (χ2n) is 3.02. The minimum atomic E-state index is -0.479. The predicted octanol–water partition coefficient (Wildman–Crippen LogP) is 3.17. The van der Waals surface area contributed by atoms with Crippen LogP contribution in [0.15, 0.2) is 21.1 Å². The summed E-state index contributed by atoms with van der Waals surface area (Å²) in [5, 5.41) is 0. The van der Waals surface area contributed by atoms with Crippen molar-refractivity contribution in [2.75, 3.05) is 13.7 Å². The summed E-state index contributed by atoms with van der Waals surface area (Å²) in [4.78, 5) is 23.0. The van der Waals surface area contributed by atoms with Gasteiger partial charge in [0, 0.05) is 8.95 Å². The maximum atomic E-state index is 11.6. The summed E-state index contributed by atoms with van der Waals surface area (Å²) in [6.07, 6.45) is 0. The fraction of sp³-hybridized carbons (Fsp3) is 0.273. The number of esters is 2. The number of ether oxygens (including phenoxy) is 2. The average molecular weight is 366 g/mol. The van der Waals surface area contributed by atoms with Crippen LogP contribution in [0.1, 0.15) is 27.6 Å². The molecule has 0 unspecified atom stereocenters. The van der Waals surface area contributed by atoms with Crippen molar-refractivity contribution in [2.45, 2.75) is 6.92 Å². The first kappa shape index (κ1) is 14.2. The van der Waals surface area contributed by atoms with Crippen molar-refractivity contribution in [3.8, 4) is 0 Å². The van der Waals surface area contributed by atoms with Gasteiger partial charge in [0.2, 0.25) is 0 Å². The largest absolute Gasteiger partial charge is 0.465 e. The normalized spacial score (nSPS) is 9.88. The first-order valence-corrected chi connectivity index (χ1v) is 6.34. The Hall–Kier alpha value is -0.880. The van der Waals surface area contributed by atoms with E-state index in [1.165, 1.54) is 19.2 Å². The minimum Gasteiger partial charge on any atom is -0.465 e. The van der Waals surface area contributed by atoms with Gasteiger partial charge < -0.3 is 9.47 Å². The number of carbonyl (C=O) groups is 2. The molecule has 1 aromatic carbocycles. The third kappa shape index (κ3) is 3.29. The molecule has 0 fully saturated rings. The lowest BCUT2D eigenvalue weighted by molar-refractivity contribution is 0.0522. The van der Waals surface area contributed by atoms with Crippen molar-refractivity contribution in [2.24, 2.45) is 0 Å². The van der Waals surface area contributed by atoms with Gasteiger partial charge in [0.15, 0.2) is 0 Å². The van der Waals surface area contributed by atoms with Crippen LogP contribution in [-0.2, 0) is 9.47 Å². The van der Waals surface area contributed by atoms with Gasteiger partial charge in [0.25, 0.3) is 0 Å². The van der Waals surface area contributed by atoms with Crippen molar-refractivity contribution < 1.29 is 19.1 Å². The van der Waals surface area contributed by atoms with Crippen LogP contribution in [0.5, 0.6) is 0 Å². The number of benzene rings is 1. The molecule has 4 nitrogen and oxygen atoms in total. The smallest absolute Gasteiger partial charge is 0.339 e. The van der Waals surface area contributed by atoms with Crippen molar-refractivity contribution in [1.82, 2.24) is 0 Å². The van der Waals surface area contributed by atoms with Gasteiger partial charge in [0.05, 0.1) is 24.8 Å². The van der Waals surface area contributed by atoms with Crippen LogP contribution in [0.2, 0.25) is 0 Å². The molecule has 0 heterocycles. The Kier molecular flexibility index (Phi) is 5.14. The third-order valence-corrected chi connectivity index (χ3v) is 3.27. The first-order chi connectivity index (χ1) is 8.01. The van der Waals surface area contributed by atoms with E-state index in [0.29, 0.717) is 26.7 Å². The summed E-state index contributed by atoms with van der Waals surface area (Å²) in [5.74, 6) is -0.926. The van der Waals surface area contributed by atoms with Crippen molar-refractivity contribution >= 4 is 43.8 Å². The summed E-state index contributed by atoms with van der Waals surface area (Å²) in [7, 11) is 1.29. The number of rotatable bonds is 3. The Balaban J connectivity index is 3.18. The van der Waals surface area contributed by atoms with E-state index in [0.717, 1.165) is 0 Å². The maximum Gasteiger partial charge on any atom is 0.339 e. The van der Waals surface area contributed by atoms with Crippen molar-refractivity contribution in [3.05, 3.63) is 32.2 Å². The van der Waals surface area contributed by atoms with E-state index < -0.39 is 11.9 Å². The molecule has 0 aromatic heterocycles. The molecule has 0 amide bonds. The zero-order valence-electron chi connectivity index (χ0n) is 9.25. The van der Waals surface area contributed by atoms with Gasteiger partial charge in [-0.15, -0.1) is 0 Å². The molecule has 6 heteroatoms. The van der Waals surface area contributed by atoms with Gasteiger partial charge in [-0.2, -0.15) is 0 Å². The van der Waals surface area contributed by atoms with Crippen LogP contribution in [0.3, 0.4) is 0 Å². The molecule has 0 atom stereocenters. The Labute approximate surface area is 116 Å². The van der Waals surface area contributed by atoms with E-state index in [9.17, 15) is 9.59 Å². The molecule has 17 heavy (non-hydrogen) atoms. The number of halogens is 2. The Morgan fingerprint density at radius 2 is 1.59 bits per heavy atom. The number of hydrogen-bond donors (Lipinski definition) is 0. The lowest BCUT2D eigenvalue weighted by atomic mass is 10.1. The standard InChI is InChI=1S/C11H10Br2O4/c1-3-17-11(15)7-5-8(12)6(4-9(7)13)10(14)16-2/h4-5H,3H2,1-2H3. The first-order valence-electron chi connectivity index (χ1n) is 4.75. The van der Waals surface area contributed by atoms with Gasteiger partial charge in [-0.3, -0.25) is 0 Å². The molecule has 0 radical (unpaired) electrons. The van der Waals surface area contributed by atoms with Gasteiger partial charge in [-0.05, 0) is 50.9 Å².